The van der Waals surface area contributed by atoms with Crippen LogP contribution in [0.2, 0.25) is 11.6 Å². The first-order valence-electron chi connectivity index (χ1n) is 7.26. The molecule has 0 saturated heterocycles. The molecule has 0 amide bonds. The van der Waals surface area contributed by atoms with E-state index in [1.54, 1.807) is 0 Å². The van der Waals surface area contributed by atoms with E-state index in [0.717, 1.165) is 18.3 Å². The molecular weight excluding hydrogens is 203 g/mol. The van der Waals surface area contributed by atoms with Crippen LogP contribution in [0.5, 0.6) is 0 Å². The lowest BCUT2D eigenvalue weighted by molar-refractivity contribution is 0.674. The van der Waals surface area contributed by atoms with E-state index in [0.29, 0.717) is 0 Å². The molecule has 2 unspecified atom stereocenters. The SMILES string of the molecule is C=C1CC1B(/C=C/CCCCCC)C1CC1=C. The average Bonchev–Trinajstić information content (AvgIpc) is 3.19. The molecule has 2 fully saturated rings. The number of hydrogen-bond acceptors (Lipinski definition) is 0. The third-order valence-electron chi connectivity index (χ3n) is 4.20. The average molecular weight is 228 g/mol. The van der Waals surface area contributed by atoms with E-state index >= 15 is 0 Å². The second-order valence-electron chi connectivity index (χ2n) is 5.79. The van der Waals surface area contributed by atoms with Crippen LogP contribution in [0.1, 0.15) is 51.9 Å². The number of allylic oxidation sites excluding steroid dienone is 3. The van der Waals surface area contributed by atoms with E-state index in [-0.39, 0.29) is 0 Å². The highest BCUT2D eigenvalue weighted by atomic mass is 14.3. The molecule has 0 N–H and O–H groups in total. The topological polar surface area (TPSA) is 0 Å². The molecular formula is C16H25B. The molecule has 0 spiro atoms. The maximum Gasteiger partial charge on any atom is 0.181 e. The first-order valence-corrected chi connectivity index (χ1v) is 7.26. The van der Waals surface area contributed by atoms with Crippen molar-refractivity contribution in [3.63, 3.8) is 0 Å². The minimum Gasteiger partial charge on any atom is -0.118 e. The van der Waals surface area contributed by atoms with Crippen molar-refractivity contribution in [3.05, 3.63) is 36.4 Å². The molecule has 17 heavy (non-hydrogen) atoms. The fourth-order valence-electron chi connectivity index (χ4n) is 2.75. The molecule has 2 aliphatic carbocycles. The van der Waals surface area contributed by atoms with Crippen molar-refractivity contribution < 1.29 is 0 Å². The zero-order valence-corrected chi connectivity index (χ0v) is 11.3. The van der Waals surface area contributed by atoms with Crippen LogP contribution < -0.4 is 0 Å². The summed E-state index contributed by atoms with van der Waals surface area (Å²) < 4.78 is 0. The fraction of sp³-hybridized carbons (Fsp3) is 0.625. The first-order chi connectivity index (χ1) is 8.24. The molecule has 0 aliphatic heterocycles. The summed E-state index contributed by atoms with van der Waals surface area (Å²) in [6.07, 6.45) is 11.6. The van der Waals surface area contributed by atoms with Crippen molar-refractivity contribution in [1.29, 1.82) is 0 Å². The van der Waals surface area contributed by atoms with Crippen molar-refractivity contribution >= 4 is 6.71 Å². The standard InChI is InChI=1S/C16H25B/c1-4-5-6-7-8-9-10-17(15-11-13(15)2)16-12-14(16)3/h9-10,15-16H,2-8,11-12H2,1H3/b10-9+. The van der Waals surface area contributed by atoms with Gasteiger partial charge in [-0.25, -0.2) is 0 Å². The van der Waals surface area contributed by atoms with Crippen LogP contribution in [0.15, 0.2) is 36.4 Å². The lowest BCUT2D eigenvalue weighted by Gasteiger charge is -2.04. The summed E-state index contributed by atoms with van der Waals surface area (Å²) in [7, 11) is 0. The lowest BCUT2D eigenvalue weighted by Crippen LogP contribution is -2.09. The van der Waals surface area contributed by atoms with Gasteiger partial charge < -0.3 is 0 Å². The maximum atomic E-state index is 4.11. The van der Waals surface area contributed by atoms with Gasteiger partial charge in [0.05, 0.1) is 0 Å². The first kappa shape index (κ1) is 12.7. The summed E-state index contributed by atoms with van der Waals surface area (Å²) in [5.74, 6) is 4.04. The monoisotopic (exact) mass is 228 g/mol. The molecule has 2 rings (SSSR count). The Kier molecular flexibility index (Phi) is 4.31. The molecule has 0 bridgehead atoms. The Labute approximate surface area is 107 Å². The molecule has 1 heteroatoms. The highest BCUT2D eigenvalue weighted by Gasteiger charge is 2.47. The van der Waals surface area contributed by atoms with Crippen molar-refractivity contribution in [1.82, 2.24) is 0 Å². The largest absolute Gasteiger partial charge is 0.181 e. The molecule has 0 heterocycles. The summed E-state index contributed by atoms with van der Waals surface area (Å²) in [4.78, 5) is 0. The number of hydrogen-bond donors (Lipinski definition) is 0. The Balaban J connectivity index is 1.72. The van der Waals surface area contributed by atoms with Gasteiger partial charge in [-0.1, -0.05) is 43.4 Å². The molecule has 2 saturated carbocycles. The zero-order valence-electron chi connectivity index (χ0n) is 11.3. The van der Waals surface area contributed by atoms with Crippen LogP contribution in [0, 0.1) is 0 Å². The van der Waals surface area contributed by atoms with E-state index in [1.165, 1.54) is 56.1 Å². The number of unbranched alkanes of at least 4 members (excludes halogenated alkanes) is 4. The normalized spacial score (nSPS) is 26.6. The summed E-state index contributed by atoms with van der Waals surface area (Å²) in [6.45, 7) is 11.2. The molecule has 2 atom stereocenters. The lowest BCUT2D eigenvalue weighted by atomic mass is 9.41. The predicted octanol–water partition coefficient (Wildman–Crippen LogP) is 5.21. The molecule has 0 aromatic carbocycles. The zero-order chi connectivity index (χ0) is 12.3. The van der Waals surface area contributed by atoms with Crippen LogP contribution in [0.3, 0.4) is 0 Å². The molecule has 0 nitrogen and oxygen atoms in total. The van der Waals surface area contributed by atoms with Crippen molar-refractivity contribution in [3.8, 4) is 0 Å². The van der Waals surface area contributed by atoms with Crippen molar-refractivity contribution in [2.75, 3.05) is 0 Å². The second-order valence-corrected chi connectivity index (χ2v) is 5.79. The highest BCUT2D eigenvalue weighted by molar-refractivity contribution is 6.71. The smallest absolute Gasteiger partial charge is 0.118 e. The van der Waals surface area contributed by atoms with Gasteiger partial charge in [-0.15, -0.1) is 19.1 Å². The summed E-state index contributed by atoms with van der Waals surface area (Å²) in [5.41, 5.74) is 2.93. The van der Waals surface area contributed by atoms with Crippen LogP contribution in [-0.2, 0) is 0 Å². The van der Waals surface area contributed by atoms with E-state index in [4.69, 9.17) is 0 Å². The Hall–Kier alpha value is -0.715. The Morgan fingerprint density at radius 3 is 2.18 bits per heavy atom. The van der Waals surface area contributed by atoms with Gasteiger partial charge in [0.25, 0.3) is 0 Å². The Morgan fingerprint density at radius 1 is 1.12 bits per heavy atom. The molecule has 92 valence electrons. The van der Waals surface area contributed by atoms with Crippen LogP contribution in [0.4, 0.5) is 0 Å². The molecule has 2 aliphatic rings. The predicted molar refractivity (Wildman–Crippen MR) is 78.7 cm³/mol. The molecule has 0 aromatic heterocycles. The molecule has 0 radical (unpaired) electrons. The Bertz CT molecular complexity index is 304. The highest BCUT2D eigenvalue weighted by Crippen LogP contribution is 2.57. The van der Waals surface area contributed by atoms with Gasteiger partial charge in [-0.2, -0.15) is 0 Å². The van der Waals surface area contributed by atoms with Crippen molar-refractivity contribution in [2.45, 2.75) is 63.5 Å². The van der Waals surface area contributed by atoms with Gasteiger partial charge in [0, 0.05) is 0 Å². The van der Waals surface area contributed by atoms with E-state index in [9.17, 15) is 0 Å². The van der Waals surface area contributed by atoms with Gasteiger partial charge in [-0.05, 0) is 37.3 Å². The van der Waals surface area contributed by atoms with E-state index in [1.807, 2.05) is 0 Å². The second kappa shape index (κ2) is 5.75. The minimum atomic E-state index is 0.737. The van der Waals surface area contributed by atoms with Gasteiger partial charge in [0.1, 0.15) is 0 Å². The van der Waals surface area contributed by atoms with E-state index in [2.05, 4.69) is 32.1 Å². The number of rotatable bonds is 8. The fourth-order valence-corrected chi connectivity index (χ4v) is 2.75. The van der Waals surface area contributed by atoms with Gasteiger partial charge in [-0.3, -0.25) is 0 Å². The van der Waals surface area contributed by atoms with E-state index < -0.39 is 0 Å². The summed E-state index contributed by atoms with van der Waals surface area (Å²) in [6, 6.07) is 0. The third-order valence-corrected chi connectivity index (χ3v) is 4.20. The Morgan fingerprint density at radius 2 is 1.71 bits per heavy atom. The van der Waals surface area contributed by atoms with Crippen molar-refractivity contribution in [2.24, 2.45) is 0 Å². The minimum absolute atomic E-state index is 0.737. The van der Waals surface area contributed by atoms with Crippen LogP contribution in [0.25, 0.3) is 0 Å². The summed E-state index contributed by atoms with van der Waals surface area (Å²) >= 11 is 0. The molecule has 0 aromatic rings. The third kappa shape index (κ3) is 3.62. The maximum absolute atomic E-state index is 4.11. The van der Waals surface area contributed by atoms with Crippen LogP contribution >= 0.6 is 0 Å². The quantitative estimate of drug-likeness (QED) is 0.304. The van der Waals surface area contributed by atoms with Gasteiger partial charge >= 0.3 is 0 Å². The van der Waals surface area contributed by atoms with Gasteiger partial charge in [0.15, 0.2) is 6.71 Å². The van der Waals surface area contributed by atoms with Gasteiger partial charge in [0.2, 0.25) is 0 Å². The summed E-state index contributed by atoms with van der Waals surface area (Å²) in [5, 5.41) is 0. The van der Waals surface area contributed by atoms with Crippen LogP contribution in [-0.4, -0.2) is 6.71 Å².